The highest BCUT2D eigenvalue weighted by Gasteiger charge is 2.38. The summed E-state index contributed by atoms with van der Waals surface area (Å²) in [6.07, 6.45) is 3.12. The van der Waals surface area contributed by atoms with Crippen LogP contribution < -0.4 is 5.73 Å². The second kappa shape index (κ2) is 6.12. The van der Waals surface area contributed by atoms with Crippen molar-refractivity contribution in [2.24, 2.45) is 0 Å². The summed E-state index contributed by atoms with van der Waals surface area (Å²) in [5, 5.41) is 0.509. The number of rotatable bonds is 2. The Bertz CT molecular complexity index is 714. The number of nitrogens with zero attached hydrogens (tertiary/aromatic N) is 3. The van der Waals surface area contributed by atoms with Crippen LogP contribution in [0.5, 0.6) is 0 Å². The predicted octanol–water partition coefficient (Wildman–Crippen LogP) is 2.81. The van der Waals surface area contributed by atoms with Crippen LogP contribution in [0.1, 0.15) is 28.9 Å². The molecule has 1 aliphatic rings. The molecule has 120 valence electrons. The van der Waals surface area contributed by atoms with Crippen LogP contribution in [0, 0.1) is 0 Å². The zero-order valence-corrected chi connectivity index (χ0v) is 13.1. The third-order valence-electron chi connectivity index (χ3n) is 4.08. The maximum Gasteiger partial charge on any atom is 0.274 e. The Labute approximate surface area is 138 Å². The molecule has 1 saturated heterocycles. The SMILES string of the molecule is Nc1cnc(C(=O)N2CCC(F)(c3cccc(Cl)c3)CC2)cn1. The minimum atomic E-state index is -1.46. The van der Waals surface area contributed by atoms with Crippen molar-refractivity contribution in [2.75, 3.05) is 18.8 Å². The highest BCUT2D eigenvalue weighted by Crippen LogP contribution is 2.38. The van der Waals surface area contributed by atoms with Gasteiger partial charge in [-0.2, -0.15) is 0 Å². The predicted molar refractivity (Wildman–Crippen MR) is 85.8 cm³/mol. The molecule has 1 aromatic carbocycles. The van der Waals surface area contributed by atoms with E-state index in [1.54, 1.807) is 29.2 Å². The number of anilines is 1. The second-order valence-corrected chi connectivity index (χ2v) is 6.03. The van der Waals surface area contributed by atoms with Gasteiger partial charge in [-0.1, -0.05) is 23.7 Å². The topological polar surface area (TPSA) is 72.1 Å². The smallest absolute Gasteiger partial charge is 0.274 e. The average molecular weight is 335 g/mol. The molecule has 0 unspecified atom stereocenters. The molecule has 7 heteroatoms. The van der Waals surface area contributed by atoms with Crippen LogP contribution in [0.25, 0.3) is 0 Å². The summed E-state index contributed by atoms with van der Waals surface area (Å²) in [5.41, 5.74) is 4.77. The molecular weight excluding hydrogens is 319 g/mol. The van der Waals surface area contributed by atoms with E-state index in [1.807, 2.05) is 0 Å². The van der Waals surface area contributed by atoms with Crippen molar-refractivity contribution in [3.05, 3.63) is 52.9 Å². The average Bonchev–Trinajstić information content (AvgIpc) is 2.56. The molecule has 0 spiro atoms. The summed E-state index contributed by atoms with van der Waals surface area (Å²) < 4.78 is 15.1. The van der Waals surface area contributed by atoms with E-state index in [0.29, 0.717) is 23.7 Å². The highest BCUT2D eigenvalue weighted by atomic mass is 35.5. The zero-order valence-electron chi connectivity index (χ0n) is 12.4. The van der Waals surface area contributed by atoms with Crippen molar-refractivity contribution in [3.63, 3.8) is 0 Å². The van der Waals surface area contributed by atoms with E-state index in [4.69, 9.17) is 17.3 Å². The summed E-state index contributed by atoms with van der Waals surface area (Å²) in [7, 11) is 0. The second-order valence-electron chi connectivity index (χ2n) is 5.59. The van der Waals surface area contributed by atoms with Crippen LogP contribution in [0.15, 0.2) is 36.7 Å². The molecule has 0 radical (unpaired) electrons. The van der Waals surface area contributed by atoms with Crippen molar-refractivity contribution in [2.45, 2.75) is 18.5 Å². The summed E-state index contributed by atoms with van der Waals surface area (Å²) in [6, 6.07) is 6.83. The fourth-order valence-electron chi connectivity index (χ4n) is 2.73. The zero-order chi connectivity index (χ0) is 16.4. The Morgan fingerprint density at radius 3 is 2.61 bits per heavy atom. The molecule has 2 heterocycles. The first-order valence-corrected chi connectivity index (χ1v) is 7.67. The van der Waals surface area contributed by atoms with Crippen molar-refractivity contribution >= 4 is 23.3 Å². The number of alkyl halides is 1. The Morgan fingerprint density at radius 2 is 2.00 bits per heavy atom. The van der Waals surface area contributed by atoms with E-state index in [-0.39, 0.29) is 30.3 Å². The van der Waals surface area contributed by atoms with Gasteiger partial charge in [-0.05, 0) is 17.7 Å². The quantitative estimate of drug-likeness (QED) is 0.916. The van der Waals surface area contributed by atoms with Gasteiger partial charge < -0.3 is 10.6 Å². The summed E-state index contributed by atoms with van der Waals surface area (Å²) in [4.78, 5) is 21.8. The van der Waals surface area contributed by atoms with Gasteiger partial charge in [0.05, 0.1) is 12.4 Å². The van der Waals surface area contributed by atoms with Gasteiger partial charge in [-0.15, -0.1) is 0 Å². The number of nitrogen functional groups attached to an aromatic ring is 1. The molecule has 2 N–H and O–H groups in total. The number of likely N-dealkylation sites (tertiary alicyclic amines) is 1. The number of amides is 1. The first-order chi connectivity index (χ1) is 11.0. The molecule has 5 nitrogen and oxygen atoms in total. The van der Waals surface area contributed by atoms with Gasteiger partial charge in [0, 0.05) is 31.0 Å². The highest BCUT2D eigenvalue weighted by molar-refractivity contribution is 6.30. The monoisotopic (exact) mass is 334 g/mol. The van der Waals surface area contributed by atoms with Crippen molar-refractivity contribution in [1.82, 2.24) is 14.9 Å². The van der Waals surface area contributed by atoms with E-state index in [9.17, 15) is 4.79 Å². The lowest BCUT2D eigenvalue weighted by atomic mass is 9.86. The number of carbonyl (C=O) groups excluding carboxylic acids is 1. The lowest BCUT2D eigenvalue weighted by Crippen LogP contribution is -2.43. The van der Waals surface area contributed by atoms with E-state index in [1.165, 1.54) is 12.4 Å². The van der Waals surface area contributed by atoms with Gasteiger partial charge in [-0.3, -0.25) is 4.79 Å². The largest absolute Gasteiger partial charge is 0.382 e. The number of benzene rings is 1. The Balaban J connectivity index is 1.70. The number of aromatic nitrogens is 2. The molecule has 23 heavy (non-hydrogen) atoms. The summed E-state index contributed by atoms with van der Waals surface area (Å²) in [5.74, 6) is -0.00503. The molecule has 0 saturated carbocycles. The molecule has 1 aliphatic heterocycles. The van der Waals surface area contributed by atoms with Crippen LogP contribution in [-0.2, 0) is 5.67 Å². The number of piperidine rings is 1. The Kier molecular flexibility index (Phi) is 4.17. The normalized spacial score (nSPS) is 17.0. The molecular formula is C16H16ClFN4O. The molecule has 1 amide bonds. The van der Waals surface area contributed by atoms with Gasteiger partial charge in [0.25, 0.3) is 5.91 Å². The number of hydrogen-bond acceptors (Lipinski definition) is 4. The molecule has 0 bridgehead atoms. The first-order valence-electron chi connectivity index (χ1n) is 7.30. The molecule has 1 aromatic heterocycles. The lowest BCUT2D eigenvalue weighted by molar-refractivity contribution is 0.0417. The fraction of sp³-hybridized carbons (Fsp3) is 0.312. The van der Waals surface area contributed by atoms with Crippen molar-refractivity contribution in [1.29, 1.82) is 0 Å². The maximum absolute atomic E-state index is 15.1. The molecule has 0 aliphatic carbocycles. The summed E-state index contributed by atoms with van der Waals surface area (Å²) in [6.45, 7) is 0.627. The van der Waals surface area contributed by atoms with Crippen molar-refractivity contribution < 1.29 is 9.18 Å². The van der Waals surface area contributed by atoms with E-state index in [2.05, 4.69) is 9.97 Å². The Morgan fingerprint density at radius 1 is 1.26 bits per heavy atom. The summed E-state index contributed by atoms with van der Waals surface area (Å²) >= 11 is 5.94. The molecule has 0 atom stereocenters. The van der Waals surface area contributed by atoms with Crippen molar-refractivity contribution in [3.8, 4) is 0 Å². The van der Waals surface area contributed by atoms with Crippen LogP contribution >= 0.6 is 11.6 Å². The van der Waals surface area contributed by atoms with Crippen LogP contribution in [0.3, 0.4) is 0 Å². The standard InChI is InChI=1S/C16H16ClFN4O/c17-12-3-1-2-11(8-12)16(18)4-6-22(7-5-16)15(23)13-9-21-14(19)10-20-13/h1-3,8-10H,4-7H2,(H2,19,21). The van der Waals surface area contributed by atoms with Crippen LogP contribution in [0.4, 0.5) is 10.2 Å². The van der Waals surface area contributed by atoms with Crippen LogP contribution in [-0.4, -0.2) is 33.9 Å². The fourth-order valence-corrected chi connectivity index (χ4v) is 2.92. The van der Waals surface area contributed by atoms with Crippen LogP contribution in [0.2, 0.25) is 5.02 Å². The molecule has 2 aromatic rings. The maximum atomic E-state index is 15.1. The first kappa shape index (κ1) is 15.7. The van der Waals surface area contributed by atoms with Gasteiger partial charge in [0.2, 0.25) is 0 Å². The minimum absolute atomic E-state index is 0.216. The number of hydrogen-bond donors (Lipinski definition) is 1. The van der Waals surface area contributed by atoms with E-state index < -0.39 is 5.67 Å². The van der Waals surface area contributed by atoms with E-state index >= 15 is 4.39 Å². The molecule has 3 rings (SSSR count). The van der Waals surface area contributed by atoms with Gasteiger partial charge in [0.1, 0.15) is 17.2 Å². The van der Waals surface area contributed by atoms with Gasteiger partial charge >= 0.3 is 0 Å². The lowest BCUT2D eigenvalue weighted by Gasteiger charge is -2.36. The number of nitrogens with two attached hydrogens (primary N) is 1. The van der Waals surface area contributed by atoms with Gasteiger partial charge in [-0.25, -0.2) is 14.4 Å². The number of carbonyl (C=O) groups is 1. The molecule has 1 fully saturated rings. The number of halogens is 2. The third-order valence-corrected chi connectivity index (χ3v) is 4.31. The Hall–Kier alpha value is -2.21. The third kappa shape index (κ3) is 3.27. The minimum Gasteiger partial charge on any atom is -0.382 e. The van der Waals surface area contributed by atoms with E-state index in [0.717, 1.165) is 0 Å². The van der Waals surface area contributed by atoms with Gasteiger partial charge in [0.15, 0.2) is 0 Å².